The zero-order chi connectivity index (χ0) is 16.0. The van der Waals surface area contributed by atoms with Crippen LogP contribution in [0.3, 0.4) is 0 Å². The summed E-state index contributed by atoms with van der Waals surface area (Å²) in [5.41, 5.74) is -0.140. The largest absolute Gasteiger partial charge is 0.352 e. The van der Waals surface area contributed by atoms with Crippen molar-refractivity contribution in [2.75, 3.05) is 0 Å². The Morgan fingerprint density at radius 1 is 1.48 bits per heavy atom. The third-order valence-electron chi connectivity index (χ3n) is 5.59. The molecule has 2 bridgehead atoms. The molecule has 2 heterocycles. The highest BCUT2D eigenvalue weighted by atomic mass is 32.1. The molecule has 0 saturated heterocycles. The molecule has 4 unspecified atom stereocenters. The fourth-order valence-electron chi connectivity index (χ4n) is 4.47. The smallest absolute Gasteiger partial charge is 0.262 e. The molecule has 5 nitrogen and oxygen atoms in total. The summed E-state index contributed by atoms with van der Waals surface area (Å²) in [6.45, 7) is 2.15. The van der Waals surface area contributed by atoms with Gasteiger partial charge in [-0.3, -0.25) is 14.2 Å². The van der Waals surface area contributed by atoms with Crippen molar-refractivity contribution in [3.05, 3.63) is 28.1 Å². The molecule has 1 amide bonds. The molecule has 2 aliphatic carbocycles. The molecule has 0 aromatic carbocycles. The third kappa shape index (κ3) is 2.69. The monoisotopic (exact) mass is 331 g/mol. The number of hydrogen-bond donors (Lipinski definition) is 1. The van der Waals surface area contributed by atoms with Crippen LogP contribution in [0, 0.1) is 17.8 Å². The van der Waals surface area contributed by atoms with Crippen LogP contribution < -0.4 is 10.9 Å². The van der Waals surface area contributed by atoms with Crippen LogP contribution in [0.25, 0.3) is 10.2 Å². The van der Waals surface area contributed by atoms with E-state index in [1.54, 1.807) is 6.07 Å². The van der Waals surface area contributed by atoms with E-state index in [2.05, 4.69) is 17.2 Å². The van der Waals surface area contributed by atoms with Crippen molar-refractivity contribution in [3.63, 3.8) is 0 Å². The summed E-state index contributed by atoms with van der Waals surface area (Å²) in [6, 6.07) is 1.95. The molecule has 2 aromatic rings. The van der Waals surface area contributed by atoms with E-state index in [4.69, 9.17) is 0 Å². The first-order valence-corrected chi connectivity index (χ1v) is 9.22. The predicted molar refractivity (Wildman–Crippen MR) is 90.4 cm³/mol. The second-order valence-corrected chi connectivity index (χ2v) is 7.91. The van der Waals surface area contributed by atoms with Gasteiger partial charge < -0.3 is 5.32 Å². The van der Waals surface area contributed by atoms with Crippen molar-refractivity contribution >= 4 is 27.5 Å². The molecule has 6 heteroatoms. The van der Waals surface area contributed by atoms with E-state index >= 15 is 0 Å². The zero-order valence-corrected chi connectivity index (χ0v) is 14.0. The second-order valence-electron chi connectivity index (χ2n) is 7.01. The van der Waals surface area contributed by atoms with Crippen molar-refractivity contribution in [3.8, 4) is 0 Å². The number of amides is 1. The van der Waals surface area contributed by atoms with Gasteiger partial charge in [0.25, 0.3) is 5.56 Å². The number of fused-ring (bicyclic) bond motifs is 3. The summed E-state index contributed by atoms with van der Waals surface area (Å²) in [6.07, 6.45) is 6.73. The molecule has 23 heavy (non-hydrogen) atoms. The number of nitrogens with one attached hydrogen (secondary N) is 1. The normalized spacial score (nSPS) is 27.4. The van der Waals surface area contributed by atoms with E-state index < -0.39 is 0 Å². The summed E-state index contributed by atoms with van der Waals surface area (Å²) in [5, 5.41) is 5.54. The van der Waals surface area contributed by atoms with Gasteiger partial charge in [-0.25, -0.2) is 4.98 Å². The first-order valence-electron chi connectivity index (χ1n) is 8.34. The van der Waals surface area contributed by atoms with Crippen molar-refractivity contribution in [1.29, 1.82) is 0 Å². The number of thiophene rings is 1. The molecule has 2 aromatic heterocycles. The molecule has 1 N–H and O–H groups in total. The summed E-state index contributed by atoms with van der Waals surface area (Å²) in [7, 11) is 0. The van der Waals surface area contributed by atoms with Gasteiger partial charge in [-0.15, -0.1) is 11.3 Å². The Bertz CT molecular complexity index is 796. The van der Waals surface area contributed by atoms with Crippen LogP contribution in [-0.2, 0) is 11.3 Å². The molecule has 0 spiro atoms. The lowest BCUT2D eigenvalue weighted by molar-refractivity contribution is -0.122. The minimum absolute atomic E-state index is 0.0444. The van der Waals surface area contributed by atoms with Crippen LogP contribution in [0.2, 0.25) is 0 Å². The van der Waals surface area contributed by atoms with E-state index in [0.29, 0.717) is 11.3 Å². The Balaban J connectivity index is 1.43. The Morgan fingerprint density at radius 2 is 2.35 bits per heavy atom. The van der Waals surface area contributed by atoms with Gasteiger partial charge >= 0.3 is 0 Å². The predicted octanol–water partition coefficient (Wildman–Crippen LogP) is 2.40. The van der Waals surface area contributed by atoms with Gasteiger partial charge in [0.15, 0.2) is 0 Å². The van der Waals surface area contributed by atoms with E-state index in [-0.39, 0.29) is 24.1 Å². The van der Waals surface area contributed by atoms with Gasteiger partial charge in [0.1, 0.15) is 11.4 Å². The lowest BCUT2D eigenvalue weighted by Gasteiger charge is -2.28. The lowest BCUT2D eigenvalue weighted by Crippen LogP contribution is -2.42. The second kappa shape index (κ2) is 5.74. The van der Waals surface area contributed by atoms with E-state index in [1.165, 1.54) is 47.9 Å². The maximum atomic E-state index is 12.3. The van der Waals surface area contributed by atoms with Crippen LogP contribution in [0.4, 0.5) is 0 Å². The number of carbonyl (C=O) groups excluding carboxylic acids is 1. The quantitative estimate of drug-likeness (QED) is 0.936. The number of aromatic nitrogens is 2. The van der Waals surface area contributed by atoms with Gasteiger partial charge in [0, 0.05) is 6.04 Å². The number of carbonyl (C=O) groups is 1. The van der Waals surface area contributed by atoms with Crippen molar-refractivity contribution in [2.24, 2.45) is 17.8 Å². The molecular weight excluding hydrogens is 310 g/mol. The fourth-order valence-corrected chi connectivity index (χ4v) is 5.20. The maximum Gasteiger partial charge on any atom is 0.262 e. The average molecular weight is 331 g/mol. The summed E-state index contributed by atoms with van der Waals surface area (Å²) < 4.78 is 1.40. The minimum Gasteiger partial charge on any atom is -0.352 e. The van der Waals surface area contributed by atoms with Gasteiger partial charge in [-0.1, -0.05) is 6.42 Å². The van der Waals surface area contributed by atoms with Crippen LogP contribution >= 0.6 is 11.3 Å². The molecule has 2 fully saturated rings. The van der Waals surface area contributed by atoms with Crippen LogP contribution in [-0.4, -0.2) is 21.5 Å². The van der Waals surface area contributed by atoms with Crippen molar-refractivity contribution < 1.29 is 4.79 Å². The van der Waals surface area contributed by atoms with Gasteiger partial charge in [0.05, 0.1) is 11.7 Å². The van der Waals surface area contributed by atoms with E-state index in [1.807, 2.05) is 5.38 Å². The highest BCUT2D eigenvalue weighted by Gasteiger charge is 2.42. The third-order valence-corrected chi connectivity index (χ3v) is 6.41. The fraction of sp³-hybridized carbons (Fsp3) is 0.588. The summed E-state index contributed by atoms with van der Waals surface area (Å²) in [5.74, 6) is 2.16. The summed E-state index contributed by atoms with van der Waals surface area (Å²) in [4.78, 5) is 29.6. The molecule has 2 aliphatic rings. The Kier molecular flexibility index (Phi) is 3.71. The van der Waals surface area contributed by atoms with Crippen molar-refractivity contribution in [2.45, 2.75) is 45.2 Å². The zero-order valence-electron chi connectivity index (χ0n) is 13.2. The Hall–Kier alpha value is -1.69. The summed E-state index contributed by atoms with van der Waals surface area (Å²) >= 11 is 1.44. The first kappa shape index (κ1) is 14.9. The first-order chi connectivity index (χ1) is 11.1. The Labute approximate surface area is 138 Å². The van der Waals surface area contributed by atoms with Gasteiger partial charge in [-0.2, -0.15) is 0 Å². The molecule has 4 atom stereocenters. The average Bonchev–Trinajstić information content (AvgIpc) is 3.25. The molecule has 0 radical (unpaired) electrons. The number of hydrogen-bond acceptors (Lipinski definition) is 4. The molecule has 0 aliphatic heterocycles. The maximum absolute atomic E-state index is 12.3. The van der Waals surface area contributed by atoms with E-state index in [0.717, 1.165) is 16.7 Å². The van der Waals surface area contributed by atoms with Crippen LogP contribution in [0.1, 0.15) is 32.6 Å². The Morgan fingerprint density at radius 3 is 3.09 bits per heavy atom. The van der Waals surface area contributed by atoms with Gasteiger partial charge in [-0.05, 0) is 55.4 Å². The molecule has 122 valence electrons. The topological polar surface area (TPSA) is 64.0 Å². The lowest BCUT2D eigenvalue weighted by atomic mass is 9.84. The molecule has 4 rings (SSSR count). The van der Waals surface area contributed by atoms with E-state index in [9.17, 15) is 9.59 Å². The van der Waals surface area contributed by atoms with Crippen molar-refractivity contribution in [1.82, 2.24) is 14.9 Å². The number of nitrogens with zero attached hydrogens (tertiary/aromatic N) is 2. The standard InChI is InChI=1S/C17H21N3O2S/c1-10(14-7-11-2-3-12(14)6-11)19-15(21)8-20-9-18-16-13(17(20)22)4-5-23-16/h4-5,9-12,14H,2-3,6-8H2,1H3,(H,19,21). The van der Waals surface area contributed by atoms with Crippen LogP contribution in [0.15, 0.2) is 22.6 Å². The molecule has 2 saturated carbocycles. The highest BCUT2D eigenvalue weighted by Crippen LogP contribution is 2.49. The van der Waals surface area contributed by atoms with Crippen LogP contribution in [0.5, 0.6) is 0 Å². The highest BCUT2D eigenvalue weighted by molar-refractivity contribution is 7.16. The van der Waals surface area contributed by atoms with Gasteiger partial charge in [0.2, 0.25) is 5.91 Å². The SMILES string of the molecule is CC(NC(=O)Cn1cnc2sccc2c1=O)C1CC2CCC1C2. The number of rotatable bonds is 4. The molecular formula is C17H21N3O2S. The minimum atomic E-state index is -0.140.